The van der Waals surface area contributed by atoms with Crippen molar-refractivity contribution in [1.29, 1.82) is 0 Å². The highest BCUT2D eigenvalue weighted by Gasteiger charge is 2.20. The van der Waals surface area contributed by atoms with Gasteiger partial charge in [0.25, 0.3) is 0 Å². The van der Waals surface area contributed by atoms with E-state index in [2.05, 4.69) is 28.6 Å². The Morgan fingerprint density at radius 3 is 2.52 bits per heavy atom. The Labute approximate surface area is 130 Å². The number of carboxylic acid groups (broad SMARTS) is 1. The highest BCUT2D eigenvalue weighted by Crippen LogP contribution is 2.28. The van der Waals surface area contributed by atoms with Crippen molar-refractivity contribution < 1.29 is 9.90 Å². The molecule has 0 unspecified atom stereocenters. The molecule has 118 valence electrons. The zero-order chi connectivity index (χ0) is 15.2. The molecule has 1 saturated carbocycles. The smallest absolute Gasteiger partial charge is 0.313 e. The fourth-order valence-electron chi connectivity index (χ4n) is 3.02. The minimum atomic E-state index is -0.816. The molecule has 1 fully saturated rings. The van der Waals surface area contributed by atoms with Crippen LogP contribution in [0, 0.1) is 5.92 Å². The van der Waals surface area contributed by atoms with Gasteiger partial charge in [-0.3, -0.25) is 4.79 Å². The maximum absolute atomic E-state index is 10.7. The Morgan fingerprint density at radius 1 is 1.29 bits per heavy atom. The second-order valence-corrected chi connectivity index (χ2v) is 7.05. The van der Waals surface area contributed by atoms with E-state index in [0.717, 1.165) is 17.4 Å². The third kappa shape index (κ3) is 4.73. The van der Waals surface area contributed by atoms with E-state index < -0.39 is 5.97 Å². The van der Waals surface area contributed by atoms with E-state index in [4.69, 9.17) is 5.11 Å². The molecule has 1 aromatic rings. The summed E-state index contributed by atoms with van der Waals surface area (Å²) in [5.74, 6) is 0.939. The molecular weight excluding hydrogens is 286 g/mol. The van der Waals surface area contributed by atoms with Gasteiger partial charge in [0.2, 0.25) is 0 Å². The summed E-state index contributed by atoms with van der Waals surface area (Å²) in [6, 6.07) is 0.261. The van der Waals surface area contributed by atoms with Crippen molar-refractivity contribution in [3.05, 3.63) is 5.82 Å². The fraction of sp³-hybridized carbons (Fsp3) is 0.800. The van der Waals surface area contributed by atoms with Crippen LogP contribution in [0.1, 0.15) is 64.2 Å². The van der Waals surface area contributed by atoms with Crippen molar-refractivity contribution in [3.63, 3.8) is 0 Å². The first-order chi connectivity index (χ1) is 10.1. The first-order valence-corrected chi connectivity index (χ1v) is 8.85. The maximum atomic E-state index is 10.7. The summed E-state index contributed by atoms with van der Waals surface area (Å²) < 4.78 is 2.11. The number of carboxylic acids is 1. The van der Waals surface area contributed by atoms with Gasteiger partial charge < -0.3 is 9.67 Å². The summed E-state index contributed by atoms with van der Waals surface area (Å²) in [6.45, 7) is 4.20. The van der Waals surface area contributed by atoms with Crippen molar-refractivity contribution >= 4 is 17.7 Å². The third-order valence-electron chi connectivity index (χ3n) is 4.02. The lowest BCUT2D eigenvalue weighted by Crippen LogP contribution is -2.13. The molecule has 0 bridgehead atoms. The van der Waals surface area contributed by atoms with Crippen LogP contribution in [0.3, 0.4) is 0 Å². The van der Waals surface area contributed by atoms with E-state index in [1.165, 1.54) is 50.3 Å². The zero-order valence-corrected chi connectivity index (χ0v) is 13.7. The van der Waals surface area contributed by atoms with E-state index in [1.54, 1.807) is 0 Å². The molecule has 2 rings (SSSR count). The van der Waals surface area contributed by atoms with Crippen LogP contribution in [0.4, 0.5) is 0 Å². The van der Waals surface area contributed by atoms with E-state index in [0.29, 0.717) is 5.92 Å². The molecule has 5 nitrogen and oxygen atoms in total. The molecule has 1 aromatic heterocycles. The van der Waals surface area contributed by atoms with Crippen LogP contribution in [-0.2, 0) is 11.2 Å². The van der Waals surface area contributed by atoms with Crippen LogP contribution >= 0.6 is 11.8 Å². The molecule has 1 aliphatic carbocycles. The van der Waals surface area contributed by atoms with Crippen molar-refractivity contribution in [3.8, 4) is 0 Å². The van der Waals surface area contributed by atoms with Gasteiger partial charge in [-0.2, -0.15) is 0 Å². The number of aromatic nitrogens is 3. The Morgan fingerprint density at radius 2 is 1.95 bits per heavy atom. The molecule has 1 aliphatic rings. The van der Waals surface area contributed by atoms with E-state index >= 15 is 0 Å². The minimum Gasteiger partial charge on any atom is -0.481 e. The van der Waals surface area contributed by atoms with Crippen molar-refractivity contribution in [2.75, 3.05) is 5.75 Å². The number of thioether (sulfide) groups is 1. The van der Waals surface area contributed by atoms with Crippen molar-refractivity contribution in [2.45, 2.75) is 70.0 Å². The number of hydrogen-bond donors (Lipinski definition) is 1. The maximum Gasteiger partial charge on any atom is 0.313 e. The summed E-state index contributed by atoms with van der Waals surface area (Å²) in [7, 11) is 0. The van der Waals surface area contributed by atoms with Gasteiger partial charge in [-0.05, 0) is 19.8 Å². The first kappa shape index (κ1) is 16.3. The lowest BCUT2D eigenvalue weighted by Gasteiger charge is -2.17. The molecule has 21 heavy (non-hydrogen) atoms. The van der Waals surface area contributed by atoms with Gasteiger partial charge in [0, 0.05) is 12.5 Å². The van der Waals surface area contributed by atoms with Crippen LogP contribution < -0.4 is 0 Å². The number of carbonyl (C=O) groups is 1. The average Bonchev–Trinajstić information content (AvgIpc) is 2.64. The molecule has 0 saturated heterocycles. The quantitative estimate of drug-likeness (QED) is 0.643. The molecule has 1 heterocycles. The first-order valence-electron chi connectivity index (χ1n) is 7.86. The number of hydrogen-bond acceptors (Lipinski definition) is 4. The van der Waals surface area contributed by atoms with E-state index in [9.17, 15) is 4.79 Å². The highest BCUT2D eigenvalue weighted by molar-refractivity contribution is 7.99. The monoisotopic (exact) mass is 311 g/mol. The lowest BCUT2D eigenvalue weighted by atomic mass is 9.96. The number of rotatable bonds is 6. The normalized spacial score (nSPS) is 17.1. The molecule has 0 spiro atoms. The number of aliphatic carboxylic acids is 1. The lowest BCUT2D eigenvalue weighted by molar-refractivity contribution is -0.133. The van der Waals surface area contributed by atoms with E-state index in [-0.39, 0.29) is 11.8 Å². The van der Waals surface area contributed by atoms with Crippen LogP contribution in [0.5, 0.6) is 0 Å². The average molecular weight is 311 g/mol. The Bertz CT molecular complexity index is 465. The zero-order valence-electron chi connectivity index (χ0n) is 12.9. The minimum absolute atomic E-state index is 0.0360. The topological polar surface area (TPSA) is 68.0 Å². The molecule has 0 radical (unpaired) electrons. The second kappa shape index (κ2) is 7.82. The van der Waals surface area contributed by atoms with Gasteiger partial charge in [-0.25, -0.2) is 0 Å². The molecule has 0 aromatic carbocycles. The third-order valence-corrected chi connectivity index (χ3v) is 4.95. The van der Waals surface area contributed by atoms with Gasteiger partial charge in [-0.1, -0.05) is 50.3 Å². The summed E-state index contributed by atoms with van der Waals surface area (Å²) >= 11 is 1.26. The predicted molar refractivity (Wildman–Crippen MR) is 83.7 cm³/mol. The molecule has 0 aliphatic heterocycles. The summed E-state index contributed by atoms with van der Waals surface area (Å²) in [5.41, 5.74) is 0. The van der Waals surface area contributed by atoms with Gasteiger partial charge in [0.15, 0.2) is 5.16 Å². The van der Waals surface area contributed by atoms with Crippen LogP contribution in [0.15, 0.2) is 5.16 Å². The van der Waals surface area contributed by atoms with Gasteiger partial charge in [0.05, 0.1) is 5.75 Å². The van der Waals surface area contributed by atoms with Crippen molar-refractivity contribution in [2.24, 2.45) is 5.92 Å². The van der Waals surface area contributed by atoms with Crippen LogP contribution in [0.2, 0.25) is 0 Å². The predicted octanol–water partition coefficient (Wildman–Crippen LogP) is 3.55. The SMILES string of the molecule is CC(C)n1c(CC2CCCCCC2)nnc1SCC(=O)O. The van der Waals surface area contributed by atoms with Gasteiger partial charge in [-0.15, -0.1) is 10.2 Å². The Balaban J connectivity index is 2.09. The standard InChI is InChI=1S/C15H25N3O2S/c1-11(2)18-13(9-12-7-5-3-4-6-8-12)16-17-15(18)21-10-14(19)20/h11-12H,3-10H2,1-2H3,(H,19,20). The van der Waals surface area contributed by atoms with Crippen molar-refractivity contribution in [1.82, 2.24) is 14.8 Å². The van der Waals surface area contributed by atoms with Gasteiger partial charge in [0.1, 0.15) is 5.82 Å². The Kier molecular flexibility index (Phi) is 6.08. The largest absolute Gasteiger partial charge is 0.481 e. The Hall–Kier alpha value is -1.04. The molecule has 1 N–H and O–H groups in total. The van der Waals surface area contributed by atoms with E-state index in [1.807, 2.05) is 0 Å². The molecular formula is C15H25N3O2S. The summed E-state index contributed by atoms with van der Waals surface area (Å²) in [6.07, 6.45) is 8.88. The molecule has 6 heteroatoms. The van der Waals surface area contributed by atoms with Crippen LogP contribution in [0.25, 0.3) is 0 Å². The number of nitrogens with zero attached hydrogens (tertiary/aromatic N) is 3. The molecule has 0 amide bonds. The van der Waals surface area contributed by atoms with Crippen LogP contribution in [-0.4, -0.2) is 31.6 Å². The second-order valence-electron chi connectivity index (χ2n) is 6.11. The van der Waals surface area contributed by atoms with Gasteiger partial charge >= 0.3 is 5.97 Å². The highest BCUT2D eigenvalue weighted by atomic mass is 32.2. The molecule has 0 atom stereocenters. The fourth-order valence-corrected chi connectivity index (χ4v) is 3.82. The summed E-state index contributed by atoms with van der Waals surface area (Å²) in [4.78, 5) is 10.7. The summed E-state index contributed by atoms with van der Waals surface area (Å²) in [5, 5.41) is 18.1.